The number of aryl methyl sites for hydroxylation is 1. The van der Waals surface area contributed by atoms with Crippen LogP contribution in [-0.2, 0) is 12.5 Å². The summed E-state index contributed by atoms with van der Waals surface area (Å²) in [5.41, 5.74) is 3.09. The maximum absolute atomic E-state index is 9.23. The molecule has 3 rings (SSSR count). The standard InChI is InChI=1S/C15H15N5S/c1-15(2,3)13-12(21-19-18-13)14-17-11-9(8-16)6-5-7-10(11)20(14)4/h5-7H,1-4H3. The fourth-order valence-corrected chi connectivity index (χ4v) is 3.24. The Bertz CT molecular complexity index is 860. The first-order valence-corrected chi connectivity index (χ1v) is 7.39. The van der Waals surface area contributed by atoms with Gasteiger partial charge >= 0.3 is 0 Å². The van der Waals surface area contributed by atoms with Gasteiger partial charge in [0.25, 0.3) is 0 Å². The third kappa shape index (κ3) is 2.10. The van der Waals surface area contributed by atoms with Gasteiger partial charge in [0.2, 0.25) is 0 Å². The van der Waals surface area contributed by atoms with Gasteiger partial charge in [0.05, 0.1) is 16.8 Å². The van der Waals surface area contributed by atoms with E-state index in [1.54, 1.807) is 6.07 Å². The third-order valence-corrected chi connectivity index (χ3v) is 4.16. The minimum atomic E-state index is -0.0987. The van der Waals surface area contributed by atoms with Gasteiger partial charge in [-0.05, 0) is 23.7 Å². The first kappa shape index (κ1) is 13.7. The normalized spacial score (nSPS) is 11.8. The van der Waals surface area contributed by atoms with Crippen LogP contribution in [0.5, 0.6) is 0 Å². The van der Waals surface area contributed by atoms with Gasteiger partial charge in [0, 0.05) is 12.5 Å². The zero-order chi connectivity index (χ0) is 15.2. The van der Waals surface area contributed by atoms with Gasteiger partial charge in [-0.25, -0.2) is 4.98 Å². The summed E-state index contributed by atoms with van der Waals surface area (Å²) >= 11 is 1.35. The number of nitrogens with zero attached hydrogens (tertiary/aromatic N) is 5. The number of aromatic nitrogens is 4. The molecule has 0 fully saturated rings. The molecule has 2 aromatic heterocycles. The molecule has 0 aliphatic carbocycles. The molecule has 0 amide bonds. The van der Waals surface area contributed by atoms with Gasteiger partial charge in [0.1, 0.15) is 16.5 Å². The van der Waals surface area contributed by atoms with Crippen LogP contribution in [0.25, 0.3) is 21.7 Å². The molecule has 0 aliphatic heterocycles. The highest BCUT2D eigenvalue weighted by molar-refractivity contribution is 7.09. The molecule has 3 aromatic rings. The number of hydrogen-bond donors (Lipinski definition) is 0. The molecule has 1 aromatic carbocycles. The van der Waals surface area contributed by atoms with Gasteiger partial charge in [-0.3, -0.25) is 0 Å². The predicted octanol–water partition coefficient (Wildman–Crippen LogP) is 3.26. The molecule has 2 heterocycles. The summed E-state index contributed by atoms with van der Waals surface area (Å²) in [6.07, 6.45) is 0. The number of rotatable bonds is 1. The van der Waals surface area contributed by atoms with Crippen LogP contribution >= 0.6 is 11.5 Å². The van der Waals surface area contributed by atoms with E-state index in [0.29, 0.717) is 5.56 Å². The predicted molar refractivity (Wildman–Crippen MR) is 83.0 cm³/mol. The summed E-state index contributed by atoms with van der Waals surface area (Å²) in [4.78, 5) is 5.63. The Labute approximate surface area is 127 Å². The topological polar surface area (TPSA) is 67.4 Å². The van der Waals surface area contributed by atoms with Crippen LogP contribution in [-0.4, -0.2) is 19.1 Å². The number of para-hydroxylation sites is 1. The largest absolute Gasteiger partial charge is 0.326 e. The lowest BCUT2D eigenvalue weighted by atomic mass is 9.91. The molecule has 0 N–H and O–H groups in total. The van der Waals surface area contributed by atoms with Crippen LogP contribution in [0.3, 0.4) is 0 Å². The molecular formula is C15H15N5S. The lowest BCUT2D eigenvalue weighted by Gasteiger charge is -2.16. The van der Waals surface area contributed by atoms with E-state index in [4.69, 9.17) is 0 Å². The van der Waals surface area contributed by atoms with Gasteiger partial charge < -0.3 is 4.57 Å². The lowest BCUT2D eigenvalue weighted by molar-refractivity contribution is 0.567. The van der Waals surface area contributed by atoms with Crippen molar-refractivity contribution in [1.82, 2.24) is 19.1 Å². The highest BCUT2D eigenvalue weighted by Crippen LogP contribution is 2.35. The molecule has 0 aliphatic rings. The molecular weight excluding hydrogens is 282 g/mol. The second kappa shape index (κ2) is 4.64. The molecule has 0 atom stereocenters. The molecule has 5 nitrogen and oxygen atoms in total. The van der Waals surface area contributed by atoms with Crippen molar-refractivity contribution < 1.29 is 0 Å². The maximum atomic E-state index is 9.23. The van der Waals surface area contributed by atoms with E-state index in [-0.39, 0.29) is 5.41 Å². The summed E-state index contributed by atoms with van der Waals surface area (Å²) in [5, 5.41) is 13.5. The number of nitriles is 1. The summed E-state index contributed by atoms with van der Waals surface area (Å²) in [6.45, 7) is 6.32. The molecule has 21 heavy (non-hydrogen) atoms. The van der Waals surface area contributed by atoms with Crippen molar-refractivity contribution in [1.29, 1.82) is 5.26 Å². The molecule has 0 spiro atoms. The average molecular weight is 297 g/mol. The van der Waals surface area contributed by atoms with E-state index in [0.717, 1.165) is 27.4 Å². The number of benzene rings is 1. The van der Waals surface area contributed by atoms with Gasteiger partial charge in [-0.2, -0.15) is 5.26 Å². The minimum absolute atomic E-state index is 0.0987. The quantitative estimate of drug-likeness (QED) is 0.691. The van der Waals surface area contributed by atoms with E-state index >= 15 is 0 Å². The highest BCUT2D eigenvalue weighted by atomic mass is 32.1. The molecule has 0 radical (unpaired) electrons. The smallest absolute Gasteiger partial charge is 0.154 e. The number of hydrogen-bond acceptors (Lipinski definition) is 5. The fraction of sp³-hybridized carbons (Fsp3) is 0.333. The van der Waals surface area contributed by atoms with Crippen molar-refractivity contribution in [3.63, 3.8) is 0 Å². The van der Waals surface area contributed by atoms with Crippen LogP contribution in [0.15, 0.2) is 18.2 Å². The van der Waals surface area contributed by atoms with E-state index in [1.165, 1.54) is 11.5 Å². The molecule has 6 heteroatoms. The Morgan fingerprint density at radius 1 is 1.29 bits per heavy atom. The summed E-state index contributed by atoms with van der Waals surface area (Å²) in [5.74, 6) is 0.813. The van der Waals surface area contributed by atoms with E-state index in [1.807, 2.05) is 23.7 Å². The molecule has 0 saturated carbocycles. The van der Waals surface area contributed by atoms with Gasteiger partial charge in [-0.1, -0.05) is 31.3 Å². The van der Waals surface area contributed by atoms with Crippen molar-refractivity contribution in [3.05, 3.63) is 29.5 Å². The Morgan fingerprint density at radius 2 is 2.05 bits per heavy atom. The van der Waals surface area contributed by atoms with E-state index in [2.05, 4.69) is 41.4 Å². The van der Waals surface area contributed by atoms with Crippen molar-refractivity contribution in [3.8, 4) is 16.8 Å². The summed E-state index contributed by atoms with van der Waals surface area (Å²) in [6, 6.07) is 7.83. The molecule has 106 valence electrons. The SMILES string of the molecule is Cn1c(-c2snnc2C(C)(C)C)nc2c(C#N)cccc21. The van der Waals surface area contributed by atoms with Crippen molar-refractivity contribution in [2.24, 2.45) is 7.05 Å². The van der Waals surface area contributed by atoms with Crippen molar-refractivity contribution >= 4 is 22.6 Å². The average Bonchev–Trinajstić information content (AvgIpc) is 3.03. The summed E-state index contributed by atoms with van der Waals surface area (Å²) < 4.78 is 6.09. The summed E-state index contributed by atoms with van der Waals surface area (Å²) in [7, 11) is 1.96. The monoisotopic (exact) mass is 297 g/mol. The number of imidazole rings is 1. The molecule has 0 unspecified atom stereocenters. The second-order valence-corrected chi connectivity index (χ2v) is 6.73. The van der Waals surface area contributed by atoms with Crippen LogP contribution in [0, 0.1) is 11.3 Å². The van der Waals surface area contributed by atoms with Crippen molar-refractivity contribution in [2.75, 3.05) is 0 Å². The molecule has 0 bridgehead atoms. The number of fused-ring (bicyclic) bond motifs is 1. The van der Waals surface area contributed by atoms with Crippen LogP contribution < -0.4 is 0 Å². The van der Waals surface area contributed by atoms with Crippen LogP contribution in [0.4, 0.5) is 0 Å². The van der Waals surface area contributed by atoms with Crippen molar-refractivity contribution in [2.45, 2.75) is 26.2 Å². The van der Waals surface area contributed by atoms with Gasteiger partial charge in [-0.15, -0.1) is 5.10 Å². The maximum Gasteiger partial charge on any atom is 0.154 e. The van der Waals surface area contributed by atoms with Crippen LogP contribution in [0.2, 0.25) is 0 Å². The Kier molecular flexibility index (Phi) is 3.03. The first-order valence-electron chi connectivity index (χ1n) is 6.62. The zero-order valence-corrected chi connectivity index (χ0v) is 13.2. The second-order valence-electron chi connectivity index (χ2n) is 5.98. The zero-order valence-electron chi connectivity index (χ0n) is 12.4. The minimum Gasteiger partial charge on any atom is -0.326 e. The Morgan fingerprint density at radius 3 is 2.71 bits per heavy atom. The molecule has 0 saturated heterocycles. The Hall–Kier alpha value is -2.26. The lowest BCUT2D eigenvalue weighted by Crippen LogP contribution is -2.13. The first-order chi connectivity index (χ1) is 9.93. The third-order valence-electron chi connectivity index (χ3n) is 3.43. The van der Waals surface area contributed by atoms with Gasteiger partial charge in [0.15, 0.2) is 5.82 Å². The van der Waals surface area contributed by atoms with E-state index < -0.39 is 0 Å². The fourth-order valence-electron chi connectivity index (χ4n) is 2.34. The Balaban J connectivity index is 2.31. The van der Waals surface area contributed by atoms with Crippen LogP contribution in [0.1, 0.15) is 32.0 Å². The highest BCUT2D eigenvalue weighted by Gasteiger charge is 2.26. The van der Waals surface area contributed by atoms with E-state index in [9.17, 15) is 5.26 Å².